The van der Waals surface area contributed by atoms with Gasteiger partial charge in [0.05, 0.1) is 6.42 Å². The lowest BCUT2D eigenvalue weighted by Gasteiger charge is -2.19. The summed E-state index contributed by atoms with van der Waals surface area (Å²) in [6.07, 6.45) is 5.30. The van der Waals surface area contributed by atoms with Gasteiger partial charge in [0.2, 0.25) is 5.91 Å². The summed E-state index contributed by atoms with van der Waals surface area (Å²) in [6, 6.07) is 0. The Kier molecular flexibility index (Phi) is 3.26. The largest absolute Gasteiger partial charge is 0.369 e. The third kappa shape index (κ3) is 2.64. The minimum absolute atomic E-state index is 0.0437. The Labute approximate surface area is 72.3 Å². The minimum atomic E-state index is -0.495. The second kappa shape index (κ2) is 4.24. The van der Waals surface area contributed by atoms with Crippen molar-refractivity contribution in [1.82, 2.24) is 0 Å². The molecule has 0 heterocycles. The Bertz CT molecular complexity index is 183. The maximum Gasteiger partial charge on any atom is 0.224 e. The number of nitrogens with two attached hydrogens (primary N) is 1. The first-order chi connectivity index (χ1) is 5.70. The van der Waals surface area contributed by atoms with E-state index in [0.29, 0.717) is 0 Å². The second-order valence-corrected chi connectivity index (χ2v) is 3.44. The Morgan fingerprint density at radius 3 is 2.25 bits per heavy atom. The van der Waals surface area contributed by atoms with Gasteiger partial charge in [-0.25, -0.2) is 0 Å². The second-order valence-electron chi connectivity index (χ2n) is 3.44. The molecule has 3 nitrogen and oxygen atoms in total. The van der Waals surface area contributed by atoms with E-state index in [0.717, 1.165) is 25.7 Å². The SMILES string of the molecule is NC(=O)CC(=O)C1CCCCC1. The van der Waals surface area contributed by atoms with Crippen LogP contribution < -0.4 is 5.73 Å². The van der Waals surface area contributed by atoms with Crippen molar-refractivity contribution >= 4 is 11.7 Å². The molecule has 1 amide bonds. The summed E-state index contributed by atoms with van der Waals surface area (Å²) in [6.45, 7) is 0. The molecule has 1 aliphatic rings. The van der Waals surface area contributed by atoms with Crippen LogP contribution in [0.3, 0.4) is 0 Å². The molecule has 68 valence electrons. The van der Waals surface area contributed by atoms with E-state index in [1.807, 2.05) is 0 Å². The Balaban J connectivity index is 2.34. The summed E-state index contributed by atoms with van der Waals surface area (Å²) in [4.78, 5) is 21.8. The van der Waals surface area contributed by atoms with Gasteiger partial charge in [0.25, 0.3) is 0 Å². The smallest absolute Gasteiger partial charge is 0.224 e. The maximum atomic E-state index is 11.3. The van der Waals surface area contributed by atoms with Crippen molar-refractivity contribution in [2.24, 2.45) is 11.7 Å². The highest BCUT2D eigenvalue weighted by Gasteiger charge is 2.21. The number of carbonyl (C=O) groups excluding carboxylic acids is 2. The highest BCUT2D eigenvalue weighted by Crippen LogP contribution is 2.24. The molecule has 1 aliphatic carbocycles. The van der Waals surface area contributed by atoms with E-state index in [2.05, 4.69) is 0 Å². The first-order valence-electron chi connectivity index (χ1n) is 4.51. The van der Waals surface area contributed by atoms with Crippen LogP contribution in [0.2, 0.25) is 0 Å². The van der Waals surface area contributed by atoms with Crippen LogP contribution in [0.15, 0.2) is 0 Å². The monoisotopic (exact) mass is 169 g/mol. The topological polar surface area (TPSA) is 60.2 Å². The molecule has 1 fully saturated rings. The van der Waals surface area contributed by atoms with Gasteiger partial charge in [-0.05, 0) is 12.8 Å². The van der Waals surface area contributed by atoms with Crippen molar-refractivity contribution < 1.29 is 9.59 Å². The van der Waals surface area contributed by atoms with E-state index in [1.54, 1.807) is 0 Å². The summed E-state index contributed by atoms with van der Waals surface area (Å²) in [7, 11) is 0. The van der Waals surface area contributed by atoms with Gasteiger partial charge < -0.3 is 5.73 Å². The summed E-state index contributed by atoms with van der Waals surface area (Å²) >= 11 is 0. The average molecular weight is 169 g/mol. The van der Waals surface area contributed by atoms with E-state index >= 15 is 0 Å². The average Bonchev–Trinajstić information content (AvgIpc) is 2.05. The van der Waals surface area contributed by atoms with Crippen LogP contribution in [0, 0.1) is 5.92 Å². The zero-order valence-corrected chi connectivity index (χ0v) is 7.21. The van der Waals surface area contributed by atoms with Gasteiger partial charge in [0, 0.05) is 5.92 Å². The zero-order chi connectivity index (χ0) is 8.97. The lowest BCUT2D eigenvalue weighted by atomic mass is 9.85. The molecular formula is C9H15NO2. The number of rotatable bonds is 3. The third-order valence-electron chi connectivity index (χ3n) is 2.41. The molecule has 0 spiro atoms. The molecular weight excluding hydrogens is 154 g/mol. The standard InChI is InChI=1S/C9H15NO2/c10-9(12)6-8(11)7-4-2-1-3-5-7/h7H,1-6H2,(H2,10,12). The first-order valence-corrected chi connectivity index (χ1v) is 4.51. The van der Waals surface area contributed by atoms with Crippen LogP contribution in [0.5, 0.6) is 0 Å². The van der Waals surface area contributed by atoms with Crippen LogP contribution in [0.25, 0.3) is 0 Å². The number of hydrogen-bond acceptors (Lipinski definition) is 2. The molecule has 0 aromatic heterocycles. The van der Waals surface area contributed by atoms with E-state index in [9.17, 15) is 9.59 Å². The Hall–Kier alpha value is -0.860. The molecule has 0 bridgehead atoms. The van der Waals surface area contributed by atoms with E-state index in [4.69, 9.17) is 5.73 Å². The number of Topliss-reactive ketones (excluding diaryl/α,β-unsaturated/α-hetero) is 1. The zero-order valence-electron chi connectivity index (χ0n) is 7.21. The van der Waals surface area contributed by atoms with Gasteiger partial charge in [0.1, 0.15) is 5.78 Å². The lowest BCUT2D eigenvalue weighted by molar-refractivity contribution is -0.129. The summed E-state index contributed by atoms with van der Waals surface area (Å²) in [5.74, 6) is -0.334. The molecule has 0 aromatic carbocycles. The van der Waals surface area contributed by atoms with Crippen molar-refractivity contribution in [3.8, 4) is 0 Å². The van der Waals surface area contributed by atoms with Gasteiger partial charge in [0.15, 0.2) is 0 Å². The first kappa shape index (κ1) is 9.23. The van der Waals surface area contributed by atoms with E-state index < -0.39 is 5.91 Å². The van der Waals surface area contributed by atoms with Gasteiger partial charge >= 0.3 is 0 Å². The van der Waals surface area contributed by atoms with Gasteiger partial charge in [-0.1, -0.05) is 19.3 Å². The normalized spacial score (nSPS) is 19.0. The van der Waals surface area contributed by atoms with Crippen LogP contribution in [0.1, 0.15) is 38.5 Å². The number of ketones is 1. The van der Waals surface area contributed by atoms with Crippen LogP contribution in [-0.4, -0.2) is 11.7 Å². The quantitative estimate of drug-likeness (QED) is 0.641. The van der Waals surface area contributed by atoms with Gasteiger partial charge in [-0.15, -0.1) is 0 Å². The van der Waals surface area contributed by atoms with Crippen molar-refractivity contribution in [3.63, 3.8) is 0 Å². The lowest BCUT2D eigenvalue weighted by Crippen LogP contribution is -2.23. The number of hydrogen-bond donors (Lipinski definition) is 1. The highest BCUT2D eigenvalue weighted by molar-refractivity contribution is 5.98. The van der Waals surface area contributed by atoms with Crippen LogP contribution in [-0.2, 0) is 9.59 Å². The molecule has 3 heteroatoms. The molecule has 0 atom stereocenters. The van der Waals surface area contributed by atoms with Gasteiger partial charge in [-0.2, -0.15) is 0 Å². The molecule has 0 radical (unpaired) electrons. The number of carbonyl (C=O) groups is 2. The van der Waals surface area contributed by atoms with E-state index in [-0.39, 0.29) is 18.1 Å². The molecule has 1 saturated carbocycles. The molecule has 1 rings (SSSR count). The van der Waals surface area contributed by atoms with Gasteiger partial charge in [-0.3, -0.25) is 9.59 Å². The predicted octanol–water partition coefficient (Wildman–Crippen LogP) is 1.01. The number of amides is 1. The van der Waals surface area contributed by atoms with Crippen molar-refractivity contribution in [2.75, 3.05) is 0 Å². The van der Waals surface area contributed by atoms with E-state index in [1.165, 1.54) is 6.42 Å². The minimum Gasteiger partial charge on any atom is -0.369 e. The third-order valence-corrected chi connectivity index (χ3v) is 2.41. The fourth-order valence-corrected chi connectivity index (χ4v) is 1.74. The molecule has 2 N–H and O–H groups in total. The Morgan fingerprint density at radius 1 is 1.17 bits per heavy atom. The molecule has 12 heavy (non-hydrogen) atoms. The maximum absolute atomic E-state index is 11.3. The molecule has 0 unspecified atom stereocenters. The van der Waals surface area contributed by atoms with Crippen LogP contribution in [0.4, 0.5) is 0 Å². The number of primary amides is 1. The van der Waals surface area contributed by atoms with Crippen molar-refractivity contribution in [1.29, 1.82) is 0 Å². The fraction of sp³-hybridized carbons (Fsp3) is 0.778. The molecule has 0 aromatic rings. The molecule has 0 saturated heterocycles. The summed E-state index contributed by atoms with van der Waals surface area (Å²) < 4.78 is 0. The van der Waals surface area contributed by atoms with Crippen molar-refractivity contribution in [2.45, 2.75) is 38.5 Å². The summed E-state index contributed by atoms with van der Waals surface area (Å²) in [5.41, 5.74) is 4.94. The molecule has 0 aliphatic heterocycles. The van der Waals surface area contributed by atoms with Crippen LogP contribution >= 0.6 is 0 Å². The predicted molar refractivity (Wildman–Crippen MR) is 45.4 cm³/mol. The fourth-order valence-electron chi connectivity index (χ4n) is 1.74. The van der Waals surface area contributed by atoms with Crippen molar-refractivity contribution in [3.05, 3.63) is 0 Å². The highest BCUT2D eigenvalue weighted by atomic mass is 16.2. The Morgan fingerprint density at radius 2 is 1.75 bits per heavy atom. The summed E-state index contributed by atoms with van der Waals surface area (Å²) in [5, 5.41) is 0.